The van der Waals surface area contributed by atoms with Crippen LogP contribution in [-0.4, -0.2) is 43.8 Å². The number of ether oxygens (including phenoxy) is 1. The number of methoxy groups -OCH3 is 1. The van der Waals surface area contributed by atoms with Crippen LogP contribution in [-0.2, 0) is 14.8 Å². The van der Waals surface area contributed by atoms with Gasteiger partial charge < -0.3 is 4.74 Å². The summed E-state index contributed by atoms with van der Waals surface area (Å²) in [4.78, 5) is 17.0. The second-order valence-electron chi connectivity index (χ2n) is 7.56. The van der Waals surface area contributed by atoms with Crippen LogP contribution in [0, 0.1) is 0 Å². The molecule has 180 valence electrons. The van der Waals surface area contributed by atoms with Crippen molar-refractivity contribution in [2.75, 3.05) is 25.5 Å². The van der Waals surface area contributed by atoms with Gasteiger partial charge in [0.25, 0.3) is 0 Å². The predicted octanol–water partition coefficient (Wildman–Crippen LogP) is 5.28. The van der Waals surface area contributed by atoms with Crippen molar-refractivity contribution >= 4 is 38.5 Å². The summed E-state index contributed by atoms with van der Waals surface area (Å²) < 4.78 is 32.4. The number of carbonyl (C=O) groups is 1. The molecule has 0 saturated carbocycles. The van der Waals surface area contributed by atoms with E-state index < -0.39 is 10.0 Å². The van der Waals surface area contributed by atoms with E-state index in [4.69, 9.17) is 4.74 Å². The summed E-state index contributed by atoms with van der Waals surface area (Å²) in [7, 11) is -1.91. The zero-order chi connectivity index (χ0) is 24.6. The number of benzene rings is 2. The van der Waals surface area contributed by atoms with Crippen LogP contribution in [0.3, 0.4) is 0 Å². The molecule has 0 spiro atoms. The molecule has 1 amide bonds. The maximum absolute atomic E-state index is 12.9. The zero-order valence-electron chi connectivity index (χ0n) is 19.5. The number of anilines is 1. The molecule has 0 bridgehead atoms. The Hall–Kier alpha value is -3.01. The van der Waals surface area contributed by atoms with Gasteiger partial charge in [0, 0.05) is 30.1 Å². The number of nitrogens with zero attached hydrogens (tertiary/aromatic N) is 2. The van der Waals surface area contributed by atoms with Crippen LogP contribution < -0.4 is 10.1 Å². The lowest BCUT2D eigenvalue weighted by atomic mass is 10.2. The number of amides is 1. The van der Waals surface area contributed by atoms with Crippen molar-refractivity contribution < 1.29 is 17.9 Å². The summed E-state index contributed by atoms with van der Waals surface area (Å²) in [5, 5.41) is 5.13. The molecular weight excluding hydrogens is 470 g/mol. The number of carbonyl (C=O) groups excluding carboxylic acids is 1. The second kappa shape index (κ2) is 11.9. The molecule has 2 aromatic carbocycles. The Morgan fingerprint density at radius 1 is 1.06 bits per heavy atom. The SMILES string of the molecule is CCCN(CCC)S(=O)(=O)c1ccc(/C=C/C(=O)Nc2nc(-c3ccc(OC)cc3)cs2)cc1. The van der Waals surface area contributed by atoms with Gasteiger partial charge in [-0.2, -0.15) is 4.31 Å². The Kier molecular flexibility index (Phi) is 8.98. The van der Waals surface area contributed by atoms with Crippen LogP contribution in [0.4, 0.5) is 5.13 Å². The van der Waals surface area contributed by atoms with Gasteiger partial charge in [-0.25, -0.2) is 13.4 Å². The molecule has 3 rings (SSSR count). The first kappa shape index (κ1) is 25.6. The van der Waals surface area contributed by atoms with Crippen molar-refractivity contribution in [1.29, 1.82) is 0 Å². The third kappa shape index (κ3) is 6.53. The van der Waals surface area contributed by atoms with Gasteiger partial charge >= 0.3 is 0 Å². The number of sulfonamides is 1. The highest BCUT2D eigenvalue weighted by Crippen LogP contribution is 2.26. The summed E-state index contributed by atoms with van der Waals surface area (Å²) in [6.45, 7) is 4.91. The third-order valence-corrected chi connectivity index (χ3v) is 7.68. The highest BCUT2D eigenvalue weighted by Gasteiger charge is 2.22. The summed E-state index contributed by atoms with van der Waals surface area (Å²) >= 11 is 1.34. The van der Waals surface area contributed by atoms with Crippen LogP contribution in [0.15, 0.2) is 64.9 Å². The van der Waals surface area contributed by atoms with Gasteiger partial charge in [-0.05, 0) is 60.9 Å². The first-order chi connectivity index (χ1) is 16.4. The molecule has 0 aliphatic heterocycles. The van der Waals surface area contributed by atoms with E-state index in [0.29, 0.717) is 18.2 Å². The lowest BCUT2D eigenvalue weighted by molar-refractivity contribution is -0.111. The molecule has 1 aromatic heterocycles. The van der Waals surface area contributed by atoms with Crippen LogP contribution in [0.1, 0.15) is 32.3 Å². The molecule has 3 aromatic rings. The molecule has 7 nitrogen and oxygen atoms in total. The van der Waals surface area contributed by atoms with Gasteiger partial charge in [0.2, 0.25) is 15.9 Å². The minimum absolute atomic E-state index is 0.254. The minimum atomic E-state index is -3.52. The Labute approximate surface area is 205 Å². The molecule has 0 aliphatic rings. The van der Waals surface area contributed by atoms with Gasteiger partial charge in [0.15, 0.2) is 5.13 Å². The van der Waals surface area contributed by atoms with E-state index in [-0.39, 0.29) is 10.8 Å². The molecule has 1 N–H and O–H groups in total. The lowest BCUT2D eigenvalue weighted by Gasteiger charge is -2.21. The molecule has 0 fully saturated rings. The fourth-order valence-corrected chi connectivity index (χ4v) is 5.64. The average molecular weight is 500 g/mol. The highest BCUT2D eigenvalue weighted by atomic mass is 32.2. The number of thiazole rings is 1. The highest BCUT2D eigenvalue weighted by molar-refractivity contribution is 7.89. The molecule has 0 atom stereocenters. The third-order valence-electron chi connectivity index (χ3n) is 5.01. The van der Waals surface area contributed by atoms with Gasteiger partial charge in [-0.3, -0.25) is 10.1 Å². The summed E-state index contributed by atoms with van der Waals surface area (Å²) in [5.41, 5.74) is 2.42. The molecule has 34 heavy (non-hydrogen) atoms. The number of rotatable bonds is 11. The maximum Gasteiger partial charge on any atom is 0.250 e. The molecule has 9 heteroatoms. The van der Waals surface area contributed by atoms with Gasteiger partial charge in [-0.15, -0.1) is 11.3 Å². The Balaban J connectivity index is 1.62. The predicted molar refractivity (Wildman–Crippen MR) is 138 cm³/mol. The quantitative estimate of drug-likeness (QED) is 0.363. The Morgan fingerprint density at radius 2 is 1.71 bits per heavy atom. The Morgan fingerprint density at radius 3 is 2.29 bits per heavy atom. The fourth-order valence-electron chi connectivity index (χ4n) is 3.30. The van der Waals surface area contributed by atoms with E-state index >= 15 is 0 Å². The van der Waals surface area contributed by atoms with Crippen molar-refractivity contribution in [2.24, 2.45) is 0 Å². The molecule has 0 saturated heterocycles. The molecule has 0 aliphatic carbocycles. The minimum Gasteiger partial charge on any atom is -0.497 e. The molecule has 1 heterocycles. The normalized spacial score (nSPS) is 11.8. The average Bonchev–Trinajstić information content (AvgIpc) is 3.31. The van der Waals surface area contributed by atoms with Crippen LogP contribution in [0.25, 0.3) is 17.3 Å². The van der Waals surface area contributed by atoms with E-state index in [2.05, 4.69) is 10.3 Å². The lowest BCUT2D eigenvalue weighted by Crippen LogP contribution is -2.32. The van der Waals surface area contributed by atoms with Crippen LogP contribution in [0.5, 0.6) is 5.75 Å². The fraction of sp³-hybridized carbons (Fsp3) is 0.280. The summed E-state index contributed by atoms with van der Waals surface area (Å²) in [6, 6.07) is 14.1. The van der Waals surface area contributed by atoms with E-state index in [1.807, 2.05) is 43.5 Å². The standard InChI is InChI=1S/C25H29N3O4S2/c1-4-16-28(17-5-2)34(30,31)22-13-6-19(7-14-22)8-15-24(29)27-25-26-23(18-33-25)20-9-11-21(32-3)12-10-20/h6-15,18H,4-5,16-17H2,1-3H3,(H,26,27,29)/b15-8+. The summed E-state index contributed by atoms with van der Waals surface area (Å²) in [6.07, 6.45) is 4.56. The van der Waals surface area contributed by atoms with Crippen LogP contribution in [0.2, 0.25) is 0 Å². The number of hydrogen-bond acceptors (Lipinski definition) is 6. The largest absolute Gasteiger partial charge is 0.497 e. The molecule has 0 unspecified atom stereocenters. The van der Waals surface area contributed by atoms with Gasteiger partial charge in [-0.1, -0.05) is 26.0 Å². The topological polar surface area (TPSA) is 88.6 Å². The molecule has 0 radical (unpaired) electrons. The monoisotopic (exact) mass is 499 g/mol. The number of hydrogen-bond donors (Lipinski definition) is 1. The van der Waals surface area contributed by atoms with Crippen molar-refractivity contribution in [3.8, 4) is 17.0 Å². The van der Waals surface area contributed by atoms with Crippen molar-refractivity contribution in [2.45, 2.75) is 31.6 Å². The van der Waals surface area contributed by atoms with E-state index in [1.165, 1.54) is 21.7 Å². The van der Waals surface area contributed by atoms with E-state index in [1.54, 1.807) is 37.5 Å². The first-order valence-corrected chi connectivity index (χ1v) is 13.4. The first-order valence-electron chi connectivity index (χ1n) is 11.1. The van der Waals surface area contributed by atoms with Crippen LogP contribution >= 0.6 is 11.3 Å². The van der Waals surface area contributed by atoms with E-state index in [9.17, 15) is 13.2 Å². The maximum atomic E-state index is 12.9. The van der Waals surface area contributed by atoms with E-state index in [0.717, 1.165) is 35.4 Å². The smallest absolute Gasteiger partial charge is 0.250 e. The summed E-state index contributed by atoms with van der Waals surface area (Å²) in [5.74, 6) is 0.451. The number of aromatic nitrogens is 1. The number of nitrogens with one attached hydrogen (secondary N) is 1. The zero-order valence-corrected chi connectivity index (χ0v) is 21.2. The van der Waals surface area contributed by atoms with Crippen molar-refractivity contribution in [3.63, 3.8) is 0 Å². The molecular formula is C25H29N3O4S2. The van der Waals surface area contributed by atoms with Crippen molar-refractivity contribution in [3.05, 3.63) is 65.6 Å². The van der Waals surface area contributed by atoms with Crippen molar-refractivity contribution in [1.82, 2.24) is 9.29 Å². The second-order valence-corrected chi connectivity index (χ2v) is 10.4. The van der Waals surface area contributed by atoms with Gasteiger partial charge in [0.05, 0.1) is 17.7 Å². The Bertz CT molecular complexity index is 1210. The van der Waals surface area contributed by atoms with Gasteiger partial charge in [0.1, 0.15) is 5.75 Å².